The Morgan fingerprint density at radius 2 is 1.68 bits per heavy atom. The average Bonchev–Trinajstić information content (AvgIpc) is 2.39. The second kappa shape index (κ2) is 5.23. The van der Waals surface area contributed by atoms with Crippen LogP contribution >= 0.6 is 11.6 Å². The zero-order chi connectivity index (χ0) is 14.2. The first-order valence-electron chi connectivity index (χ1n) is 5.50. The van der Waals surface area contributed by atoms with Crippen LogP contribution in [0.4, 0.5) is 13.2 Å². The molecule has 0 amide bonds. The minimum Gasteiger partial charge on any atom is -0.384 e. The van der Waals surface area contributed by atoms with Gasteiger partial charge in [0.15, 0.2) is 17.5 Å². The number of rotatable bonds is 2. The molecule has 1 nitrogen and oxygen atoms in total. The van der Waals surface area contributed by atoms with Crippen molar-refractivity contribution in [2.45, 2.75) is 13.0 Å². The van der Waals surface area contributed by atoms with Gasteiger partial charge < -0.3 is 5.11 Å². The maximum Gasteiger partial charge on any atom is 0.194 e. The highest BCUT2D eigenvalue weighted by Crippen LogP contribution is 2.31. The van der Waals surface area contributed by atoms with E-state index in [4.69, 9.17) is 11.6 Å². The summed E-state index contributed by atoms with van der Waals surface area (Å²) >= 11 is 5.90. The van der Waals surface area contributed by atoms with E-state index in [1.807, 2.05) is 0 Å². The molecule has 0 aromatic heterocycles. The Labute approximate surface area is 113 Å². The molecule has 0 fully saturated rings. The fraction of sp³-hybridized carbons (Fsp3) is 0.143. The molecule has 100 valence electrons. The van der Waals surface area contributed by atoms with E-state index in [2.05, 4.69) is 0 Å². The van der Waals surface area contributed by atoms with Crippen molar-refractivity contribution in [1.82, 2.24) is 0 Å². The predicted octanol–water partition coefficient (Wildman–Crippen LogP) is 4.15. The first-order chi connectivity index (χ1) is 8.93. The number of aliphatic hydroxyl groups excluding tert-OH is 1. The molecule has 2 rings (SSSR count). The number of hydrogen-bond acceptors (Lipinski definition) is 1. The summed E-state index contributed by atoms with van der Waals surface area (Å²) < 4.78 is 39.6. The molecular weight excluding hydrogens is 277 g/mol. The average molecular weight is 287 g/mol. The Balaban J connectivity index is 2.53. The van der Waals surface area contributed by atoms with Crippen molar-refractivity contribution >= 4 is 11.6 Å². The summed E-state index contributed by atoms with van der Waals surface area (Å²) in [5, 5.41) is 10.5. The van der Waals surface area contributed by atoms with Gasteiger partial charge in [-0.1, -0.05) is 29.8 Å². The summed E-state index contributed by atoms with van der Waals surface area (Å²) in [5.41, 5.74) is 0.572. The van der Waals surface area contributed by atoms with E-state index < -0.39 is 23.6 Å². The van der Waals surface area contributed by atoms with Crippen molar-refractivity contribution in [3.8, 4) is 0 Å². The molecule has 1 unspecified atom stereocenters. The van der Waals surface area contributed by atoms with E-state index in [0.29, 0.717) is 16.1 Å². The van der Waals surface area contributed by atoms with Gasteiger partial charge in [0, 0.05) is 10.6 Å². The lowest BCUT2D eigenvalue weighted by atomic mass is 9.97. The molecule has 0 bridgehead atoms. The quantitative estimate of drug-likeness (QED) is 0.822. The molecular formula is C14H10ClF3O. The molecule has 5 heteroatoms. The summed E-state index contributed by atoms with van der Waals surface area (Å²) in [4.78, 5) is 0. The Hall–Kier alpha value is -1.52. The van der Waals surface area contributed by atoms with Gasteiger partial charge in [0.25, 0.3) is 0 Å². The van der Waals surface area contributed by atoms with Crippen LogP contribution in [0.3, 0.4) is 0 Å². The standard InChI is InChI=1S/C14H10ClF3O/c1-7-8(3-2-4-10(7)15)14(19)9-5-6-11(16)13(18)12(9)17/h2-6,14,19H,1H3. The van der Waals surface area contributed by atoms with Crippen LogP contribution in [0.5, 0.6) is 0 Å². The maximum absolute atomic E-state index is 13.6. The van der Waals surface area contributed by atoms with Crippen LogP contribution in [0.25, 0.3) is 0 Å². The van der Waals surface area contributed by atoms with E-state index in [0.717, 1.165) is 12.1 Å². The summed E-state index contributed by atoms with van der Waals surface area (Å²) in [5.74, 6) is -4.29. The zero-order valence-corrected chi connectivity index (χ0v) is 10.7. The van der Waals surface area contributed by atoms with Crippen LogP contribution < -0.4 is 0 Å². The van der Waals surface area contributed by atoms with Crippen LogP contribution in [-0.2, 0) is 0 Å². The first kappa shape index (κ1) is 13.9. The second-order valence-electron chi connectivity index (χ2n) is 4.12. The maximum atomic E-state index is 13.6. The minimum absolute atomic E-state index is 0.329. The summed E-state index contributed by atoms with van der Waals surface area (Å²) in [6.07, 6.45) is -1.41. The fourth-order valence-corrected chi connectivity index (χ4v) is 2.02. The van der Waals surface area contributed by atoms with Gasteiger partial charge in [-0.3, -0.25) is 0 Å². The molecule has 19 heavy (non-hydrogen) atoms. The van der Waals surface area contributed by atoms with Gasteiger partial charge in [0.05, 0.1) is 0 Å². The van der Waals surface area contributed by atoms with Crippen molar-refractivity contribution in [2.75, 3.05) is 0 Å². The molecule has 1 N–H and O–H groups in total. The lowest BCUT2D eigenvalue weighted by Crippen LogP contribution is -2.07. The Morgan fingerprint density at radius 1 is 1.00 bits per heavy atom. The topological polar surface area (TPSA) is 20.2 Å². The number of halogens is 4. The molecule has 2 aromatic carbocycles. The highest BCUT2D eigenvalue weighted by Gasteiger charge is 2.22. The van der Waals surface area contributed by atoms with Gasteiger partial charge in [-0.2, -0.15) is 0 Å². The lowest BCUT2D eigenvalue weighted by Gasteiger charge is -2.16. The largest absolute Gasteiger partial charge is 0.384 e. The van der Waals surface area contributed by atoms with E-state index in [1.54, 1.807) is 25.1 Å². The summed E-state index contributed by atoms with van der Waals surface area (Å²) in [6, 6.07) is 6.54. The molecule has 0 heterocycles. The molecule has 0 saturated carbocycles. The molecule has 0 saturated heterocycles. The van der Waals surface area contributed by atoms with Gasteiger partial charge in [-0.25, -0.2) is 13.2 Å². The van der Waals surface area contributed by atoms with Gasteiger partial charge in [0.2, 0.25) is 0 Å². The molecule has 0 radical (unpaired) electrons. The summed E-state index contributed by atoms with van der Waals surface area (Å²) in [7, 11) is 0. The Morgan fingerprint density at radius 3 is 2.37 bits per heavy atom. The predicted molar refractivity (Wildman–Crippen MR) is 66.6 cm³/mol. The number of hydrogen-bond donors (Lipinski definition) is 1. The fourth-order valence-electron chi connectivity index (χ4n) is 1.84. The van der Waals surface area contributed by atoms with Crippen molar-refractivity contribution in [3.05, 3.63) is 69.5 Å². The van der Waals surface area contributed by atoms with Crippen LogP contribution in [0.1, 0.15) is 22.8 Å². The third kappa shape index (κ3) is 2.46. The van der Waals surface area contributed by atoms with E-state index in [-0.39, 0.29) is 5.56 Å². The van der Waals surface area contributed by atoms with Crippen LogP contribution in [0.2, 0.25) is 5.02 Å². The van der Waals surface area contributed by atoms with Gasteiger partial charge in [0.1, 0.15) is 6.10 Å². The van der Waals surface area contributed by atoms with Crippen molar-refractivity contribution in [3.63, 3.8) is 0 Å². The highest BCUT2D eigenvalue weighted by molar-refractivity contribution is 6.31. The molecule has 0 aliphatic heterocycles. The van der Waals surface area contributed by atoms with Gasteiger partial charge in [-0.05, 0) is 30.2 Å². The van der Waals surface area contributed by atoms with Gasteiger partial charge in [-0.15, -0.1) is 0 Å². The normalized spacial score (nSPS) is 12.5. The van der Waals surface area contributed by atoms with Crippen LogP contribution in [-0.4, -0.2) is 5.11 Å². The second-order valence-corrected chi connectivity index (χ2v) is 4.53. The highest BCUT2D eigenvalue weighted by atomic mass is 35.5. The molecule has 1 atom stereocenters. The number of benzene rings is 2. The minimum atomic E-state index is -1.60. The molecule has 0 aliphatic carbocycles. The Bertz CT molecular complexity index is 628. The SMILES string of the molecule is Cc1c(Cl)cccc1C(O)c1ccc(F)c(F)c1F. The van der Waals surface area contributed by atoms with E-state index >= 15 is 0 Å². The molecule has 0 aliphatic rings. The third-order valence-corrected chi connectivity index (χ3v) is 3.37. The van der Waals surface area contributed by atoms with Crippen molar-refractivity contribution in [2.24, 2.45) is 0 Å². The van der Waals surface area contributed by atoms with Crippen molar-refractivity contribution in [1.29, 1.82) is 0 Å². The Kier molecular flexibility index (Phi) is 3.83. The molecule has 2 aromatic rings. The zero-order valence-electron chi connectivity index (χ0n) is 9.92. The number of aliphatic hydroxyl groups is 1. The third-order valence-electron chi connectivity index (χ3n) is 2.96. The lowest BCUT2D eigenvalue weighted by molar-refractivity contribution is 0.212. The van der Waals surface area contributed by atoms with Crippen molar-refractivity contribution < 1.29 is 18.3 Å². The monoisotopic (exact) mass is 286 g/mol. The smallest absolute Gasteiger partial charge is 0.194 e. The van der Waals surface area contributed by atoms with E-state index in [9.17, 15) is 18.3 Å². The van der Waals surface area contributed by atoms with E-state index in [1.165, 1.54) is 0 Å². The first-order valence-corrected chi connectivity index (χ1v) is 5.87. The van der Waals surface area contributed by atoms with Crippen LogP contribution in [0.15, 0.2) is 30.3 Å². The summed E-state index contributed by atoms with van der Waals surface area (Å²) in [6.45, 7) is 1.65. The van der Waals surface area contributed by atoms with Crippen LogP contribution in [0, 0.1) is 24.4 Å². The molecule has 0 spiro atoms. The van der Waals surface area contributed by atoms with Gasteiger partial charge >= 0.3 is 0 Å².